The van der Waals surface area contributed by atoms with E-state index in [9.17, 15) is 18.0 Å². The first kappa shape index (κ1) is 10.5. The Bertz CT molecular complexity index is 577. The summed E-state index contributed by atoms with van der Waals surface area (Å²) in [4.78, 5) is 16.8. The number of para-hydroxylation sites is 1. The van der Waals surface area contributed by atoms with Crippen LogP contribution in [0.25, 0.3) is 11.0 Å². The van der Waals surface area contributed by atoms with Crippen molar-refractivity contribution in [3.63, 3.8) is 0 Å². The summed E-state index contributed by atoms with van der Waals surface area (Å²) < 4.78 is 39.9. The summed E-state index contributed by atoms with van der Waals surface area (Å²) in [6, 6.07) is 3.90. The molecule has 0 atom stereocenters. The molecule has 0 radical (unpaired) electrons. The molecule has 4 nitrogen and oxygen atoms in total. The molecule has 7 heteroatoms. The van der Waals surface area contributed by atoms with Crippen molar-refractivity contribution < 1.29 is 17.9 Å². The van der Waals surface area contributed by atoms with Crippen LogP contribution in [-0.4, -0.2) is 16.3 Å². The highest BCUT2D eigenvalue weighted by atomic mass is 19.4. The zero-order valence-electron chi connectivity index (χ0n) is 7.71. The molecule has 1 aromatic heterocycles. The molecule has 84 valence electrons. The molecule has 0 saturated heterocycles. The molecular formula is C9H5F3N2O2. The monoisotopic (exact) mass is 230 g/mol. The molecule has 0 fully saturated rings. The molecule has 1 aromatic carbocycles. The number of fused-ring (bicyclic) bond motifs is 1. The average Bonchev–Trinajstić information content (AvgIpc) is 2.15. The Morgan fingerprint density at radius 3 is 2.75 bits per heavy atom. The number of nitrogens with zero attached hydrogens (tertiary/aromatic N) is 1. The number of H-pyrrole nitrogens is 1. The van der Waals surface area contributed by atoms with E-state index in [1.54, 1.807) is 0 Å². The molecule has 0 aliphatic heterocycles. The lowest BCUT2D eigenvalue weighted by Crippen LogP contribution is -2.18. The maximum Gasteiger partial charge on any atom is 0.573 e. The molecule has 2 rings (SSSR count). The van der Waals surface area contributed by atoms with E-state index < -0.39 is 17.7 Å². The zero-order valence-corrected chi connectivity index (χ0v) is 7.71. The second kappa shape index (κ2) is 3.51. The van der Waals surface area contributed by atoms with E-state index in [2.05, 4.69) is 14.7 Å². The first-order chi connectivity index (χ1) is 7.46. The normalized spacial score (nSPS) is 11.7. The summed E-state index contributed by atoms with van der Waals surface area (Å²) in [6.07, 6.45) is -3.89. The number of ether oxygens (including phenoxy) is 1. The van der Waals surface area contributed by atoms with Gasteiger partial charge in [0.15, 0.2) is 5.75 Å². The molecule has 0 bridgehead atoms. The number of alkyl halides is 3. The van der Waals surface area contributed by atoms with Gasteiger partial charge in [-0.2, -0.15) is 0 Å². The Kier molecular flexibility index (Phi) is 2.30. The van der Waals surface area contributed by atoms with E-state index in [0.29, 0.717) is 0 Å². The second-order valence-electron chi connectivity index (χ2n) is 2.95. The lowest BCUT2D eigenvalue weighted by atomic mass is 10.3. The average molecular weight is 230 g/mol. The van der Waals surface area contributed by atoms with Crippen molar-refractivity contribution in [1.29, 1.82) is 0 Å². The number of hydrogen-bond acceptors (Lipinski definition) is 3. The predicted molar refractivity (Wildman–Crippen MR) is 49.0 cm³/mol. The van der Waals surface area contributed by atoms with Gasteiger partial charge in [0, 0.05) is 0 Å². The Morgan fingerprint density at radius 2 is 2.06 bits per heavy atom. The van der Waals surface area contributed by atoms with Gasteiger partial charge in [-0.05, 0) is 12.1 Å². The lowest BCUT2D eigenvalue weighted by Gasteiger charge is -2.09. The first-order valence-electron chi connectivity index (χ1n) is 4.19. The standard InChI is InChI=1S/C9H5F3N2O2/c10-9(11,12)16-6-3-1-2-5-8(6)13-4-7(15)14-5/h1-4H,(H,14,15). The maximum absolute atomic E-state index is 12.0. The minimum atomic E-state index is -4.79. The summed E-state index contributed by atoms with van der Waals surface area (Å²) in [5.41, 5.74) is -0.342. The second-order valence-corrected chi connectivity index (χ2v) is 2.95. The summed E-state index contributed by atoms with van der Waals surface area (Å²) in [6.45, 7) is 0. The molecule has 0 saturated carbocycles. The molecule has 0 aliphatic rings. The highest BCUT2D eigenvalue weighted by Crippen LogP contribution is 2.27. The topological polar surface area (TPSA) is 55.0 Å². The van der Waals surface area contributed by atoms with Crippen molar-refractivity contribution in [3.8, 4) is 5.75 Å². The molecule has 1 N–H and O–H groups in total. The number of hydrogen-bond donors (Lipinski definition) is 1. The molecule has 0 aliphatic carbocycles. The SMILES string of the molecule is O=c1cnc2c(OC(F)(F)F)cccc2[nH]1. The number of aromatic nitrogens is 2. The quantitative estimate of drug-likeness (QED) is 0.812. The van der Waals surface area contributed by atoms with Gasteiger partial charge in [-0.25, -0.2) is 4.98 Å². The van der Waals surface area contributed by atoms with E-state index in [0.717, 1.165) is 12.3 Å². The van der Waals surface area contributed by atoms with Crippen molar-refractivity contribution in [2.45, 2.75) is 6.36 Å². The van der Waals surface area contributed by atoms with Gasteiger partial charge in [0.1, 0.15) is 5.52 Å². The van der Waals surface area contributed by atoms with E-state index in [1.165, 1.54) is 12.1 Å². The van der Waals surface area contributed by atoms with Gasteiger partial charge in [-0.3, -0.25) is 4.79 Å². The highest BCUT2D eigenvalue weighted by Gasteiger charge is 2.32. The molecule has 1 heterocycles. The van der Waals surface area contributed by atoms with Crippen LogP contribution in [0.2, 0.25) is 0 Å². The van der Waals surface area contributed by atoms with Gasteiger partial charge >= 0.3 is 6.36 Å². The Hall–Kier alpha value is -2.05. The van der Waals surface area contributed by atoms with Crippen molar-refractivity contribution in [1.82, 2.24) is 9.97 Å². The van der Waals surface area contributed by atoms with Crippen molar-refractivity contribution >= 4 is 11.0 Å². The van der Waals surface area contributed by atoms with Crippen molar-refractivity contribution in [2.75, 3.05) is 0 Å². The number of aromatic amines is 1. The van der Waals surface area contributed by atoms with Crippen LogP contribution in [0.5, 0.6) is 5.75 Å². The van der Waals surface area contributed by atoms with E-state index in [1.807, 2.05) is 0 Å². The van der Waals surface area contributed by atoms with Gasteiger partial charge in [0.2, 0.25) is 0 Å². The number of benzene rings is 1. The number of nitrogens with one attached hydrogen (secondary N) is 1. The van der Waals surface area contributed by atoms with E-state index >= 15 is 0 Å². The lowest BCUT2D eigenvalue weighted by molar-refractivity contribution is -0.274. The fourth-order valence-corrected chi connectivity index (χ4v) is 1.25. The van der Waals surface area contributed by atoms with Crippen LogP contribution in [0.4, 0.5) is 13.2 Å². The molecule has 16 heavy (non-hydrogen) atoms. The van der Waals surface area contributed by atoms with Crippen molar-refractivity contribution in [3.05, 3.63) is 34.7 Å². The van der Waals surface area contributed by atoms with Crippen LogP contribution in [0.1, 0.15) is 0 Å². The van der Waals surface area contributed by atoms with Crippen LogP contribution in [0.15, 0.2) is 29.2 Å². The van der Waals surface area contributed by atoms with Gasteiger partial charge < -0.3 is 9.72 Å². The van der Waals surface area contributed by atoms with E-state index in [-0.39, 0.29) is 11.0 Å². The fourth-order valence-electron chi connectivity index (χ4n) is 1.25. The third-order valence-electron chi connectivity index (χ3n) is 1.79. The van der Waals surface area contributed by atoms with Crippen molar-refractivity contribution in [2.24, 2.45) is 0 Å². The molecule has 0 spiro atoms. The maximum atomic E-state index is 12.0. The molecular weight excluding hydrogens is 225 g/mol. The fraction of sp³-hybridized carbons (Fsp3) is 0.111. The summed E-state index contributed by atoms with van der Waals surface area (Å²) in [5.74, 6) is -0.443. The third-order valence-corrected chi connectivity index (χ3v) is 1.79. The van der Waals surface area contributed by atoms with Crippen LogP contribution in [-0.2, 0) is 0 Å². The smallest absolute Gasteiger partial charge is 0.403 e. The first-order valence-corrected chi connectivity index (χ1v) is 4.19. The summed E-state index contributed by atoms with van der Waals surface area (Å²) >= 11 is 0. The minimum absolute atomic E-state index is 0.0422. The molecule has 2 aromatic rings. The molecule has 0 amide bonds. The van der Waals surface area contributed by atoms with Gasteiger partial charge in [-0.15, -0.1) is 13.2 Å². The van der Waals surface area contributed by atoms with Crippen LogP contribution in [0.3, 0.4) is 0 Å². The Balaban J connectivity index is 2.58. The summed E-state index contributed by atoms with van der Waals surface area (Å²) in [7, 11) is 0. The van der Waals surface area contributed by atoms with Crippen LogP contribution >= 0.6 is 0 Å². The van der Waals surface area contributed by atoms with Gasteiger partial charge in [0.05, 0.1) is 11.7 Å². The highest BCUT2D eigenvalue weighted by molar-refractivity contribution is 5.80. The largest absolute Gasteiger partial charge is 0.573 e. The zero-order chi connectivity index (χ0) is 11.8. The van der Waals surface area contributed by atoms with Crippen LogP contribution in [0, 0.1) is 0 Å². The number of rotatable bonds is 1. The van der Waals surface area contributed by atoms with Crippen LogP contribution < -0.4 is 10.3 Å². The number of halogens is 3. The van der Waals surface area contributed by atoms with Gasteiger partial charge in [0.25, 0.3) is 5.56 Å². The minimum Gasteiger partial charge on any atom is -0.403 e. The third kappa shape index (κ3) is 2.13. The van der Waals surface area contributed by atoms with E-state index in [4.69, 9.17) is 0 Å². The molecule has 0 unspecified atom stereocenters. The summed E-state index contributed by atoms with van der Waals surface area (Å²) in [5, 5.41) is 0. The Labute approximate surface area is 86.7 Å². The van der Waals surface area contributed by atoms with Gasteiger partial charge in [-0.1, -0.05) is 6.07 Å². The Morgan fingerprint density at radius 1 is 1.31 bits per heavy atom. The predicted octanol–water partition coefficient (Wildman–Crippen LogP) is 1.82.